The Morgan fingerprint density at radius 1 is 1.38 bits per heavy atom. The average Bonchev–Trinajstić information content (AvgIpc) is 3.10. The molecule has 1 aliphatic rings. The number of hydrogen-bond acceptors (Lipinski definition) is 10. The molecule has 0 amide bonds. The van der Waals surface area contributed by atoms with Crippen molar-refractivity contribution in [3.63, 3.8) is 0 Å². The van der Waals surface area contributed by atoms with Crippen molar-refractivity contribution >= 4 is 24.8 Å². The van der Waals surface area contributed by atoms with Crippen LogP contribution in [0, 0.1) is 0 Å². The molecule has 3 heterocycles. The molecular formula is C11H16N5O7P. The second-order valence-electron chi connectivity index (χ2n) is 5.08. The molecule has 1 fully saturated rings. The smallest absolute Gasteiger partial charge is 0.387 e. The van der Waals surface area contributed by atoms with Crippen LogP contribution in [-0.4, -0.2) is 66.7 Å². The summed E-state index contributed by atoms with van der Waals surface area (Å²) in [5.74, 6) is 0.160. The molecule has 5 N–H and O–H groups in total. The summed E-state index contributed by atoms with van der Waals surface area (Å²) in [5, 5.41) is 20.3. The minimum absolute atomic E-state index is 0.160. The molecule has 0 aliphatic carbocycles. The molecule has 132 valence electrons. The summed E-state index contributed by atoms with van der Waals surface area (Å²) in [4.78, 5) is 21.1. The fraction of sp³-hybridized carbons (Fsp3) is 0.545. The summed E-state index contributed by atoms with van der Waals surface area (Å²) >= 11 is 0. The van der Waals surface area contributed by atoms with Crippen LogP contribution in [0.5, 0.6) is 0 Å². The molecule has 1 saturated heterocycles. The highest BCUT2D eigenvalue weighted by atomic mass is 31.2. The first-order valence-corrected chi connectivity index (χ1v) is 8.31. The molecule has 0 saturated carbocycles. The number of nitrogens with two attached hydrogens (primary N) is 1. The van der Waals surface area contributed by atoms with Crippen LogP contribution in [0.4, 0.5) is 5.82 Å². The quantitative estimate of drug-likeness (QED) is 0.470. The van der Waals surface area contributed by atoms with E-state index in [9.17, 15) is 19.7 Å². The molecular weight excluding hydrogens is 345 g/mol. The Morgan fingerprint density at radius 3 is 2.83 bits per heavy atom. The number of nitrogen functional groups attached to an aromatic ring is 1. The number of nitrogens with zero attached hydrogens (tertiary/aromatic N) is 4. The Bertz CT molecular complexity index is 785. The van der Waals surface area contributed by atoms with Gasteiger partial charge in [0.2, 0.25) is 0 Å². The maximum Gasteiger partial charge on any atom is 0.472 e. The zero-order chi connectivity index (χ0) is 17.5. The number of ether oxygens (including phenoxy) is 1. The summed E-state index contributed by atoms with van der Waals surface area (Å²) < 4.78 is 27.2. The number of hydrogen-bond donors (Lipinski definition) is 4. The fourth-order valence-electron chi connectivity index (χ4n) is 2.37. The van der Waals surface area contributed by atoms with E-state index in [1.165, 1.54) is 17.2 Å². The summed E-state index contributed by atoms with van der Waals surface area (Å²) in [5.41, 5.74) is 6.33. The number of imidazole rings is 1. The van der Waals surface area contributed by atoms with Gasteiger partial charge in [0.1, 0.15) is 30.2 Å². The molecule has 0 radical (unpaired) electrons. The van der Waals surface area contributed by atoms with Crippen LogP contribution in [0.25, 0.3) is 11.2 Å². The van der Waals surface area contributed by atoms with Gasteiger partial charge in [-0.1, -0.05) is 0 Å². The van der Waals surface area contributed by atoms with Crippen molar-refractivity contribution < 1.29 is 33.5 Å². The van der Waals surface area contributed by atoms with Gasteiger partial charge in [-0.3, -0.25) is 13.6 Å². The van der Waals surface area contributed by atoms with Crippen molar-refractivity contribution in [3.8, 4) is 0 Å². The van der Waals surface area contributed by atoms with E-state index in [0.717, 1.165) is 7.11 Å². The Labute approximate surface area is 135 Å². The average molecular weight is 361 g/mol. The Hall–Kier alpha value is -1.66. The standard InChI is InChI=1S/C11H16N5O7P/c1-21-24(19,20)22-2-5-7(17)8(18)11(23-5)16-4-15-6-9(12)13-3-14-10(6)16/h3-5,7-8,11,17-18H,2H2,1H3,(H,19,20)(H2,12,13,14)/t5-,7?,8+,11-/m1/s1. The lowest BCUT2D eigenvalue weighted by atomic mass is 10.1. The molecule has 12 nitrogen and oxygen atoms in total. The van der Waals surface area contributed by atoms with Crippen LogP contribution in [0.2, 0.25) is 0 Å². The van der Waals surface area contributed by atoms with Crippen LogP contribution < -0.4 is 5.73 Å². The summed E-state index contributed by atoms with van der Waals surface area (Å²) in [6.07, 6.45) is -2.22. The van der Waals surface area contributed by atoms with Gasteiger partial charge in [0.15, 0.2) is 17.7 Å². The number of phosphoric ester groups is 1. The molecule has 1 aliphatic heterocycles. The van der Waals surface area contributed by atoms with Gasteiger partial charge in [-0.05, 0) is 0 Å². The largest absolute Gasteiger partial charge is 0.472 e. The minimum Gasteiger partial charge on any atom is -0.387 e. The Morgan fingerprint density at radius 2 is 2.12 bits per heavy atom. The molecule has 2 aromatic rings. The lowest BCUT2D eigenvalue weighted by Crippen LogP contribution is -2.33. The van der Waals surface area contributed by atoms with Crippen molar-refractivity contribution in [2.45, 2.75) is 24.5 Å². The third-order valence-corrected chi connectivity index (χ3v) is 4.57. The van der Waals surface area contributed by atoms with E-state index in [2.05, 4.69) is 24.0 Å². The Balaban J connectivity index is 1.82. The number of phosphoric acid groups is 1. The van der Waals surface area contributed by atoms with Crippen LogP contribution in [0.15, 0.2) is 12.7 Å². The third-order valence-electron chi connectivity index (χ3n) is 3.63. The van der Waals surface area contributed by atoms with Crippen molar-refractivity contribution in [1.82, 2.24) is 19.5 Å². The summed E-state index contributed by atoms with van der Waals surface area (Å²) in [6, 6.07) is 0. The molecule has 5 atom stereocenters. The van der Waals surface area contributed by atoms with Gasteiger partial charge in [0.05, 0.1) is 12.9 Å². The van der Waals surface area contributed by atoms with Crippen molar-refractivity contribution in [3.05, 3.63) is 12.7 Å². The molecule has 2 unspecified atom stereocenters. The van der Waals surface area contributed by atoms with E-state index >= 15 is 0 Å². The molecule has 0 spiro atoms. The maximum atomic E-state index is 11.3. The third kappa shape index (κ3) is 3.00. The lowest BCUT2D eigenvalue weighted by molar-refractivity contribution is -0.0509. The fourth-order valence-corrected chi connectivity index (χ4v) is 2.81. The van der Waals surface area contributed by atoms with Crippen LogP contribution >= 0.6 is 7.82 Å². The molecule has 0 aromatic carbocycles. The normalized spacial score (nSPS) is 29.8. The van der Waals surface area contributed by atoms with Crippen LogP contribution in [0.3, 0.4) is 0 Å². The molecule has 0 bridgehead atoms. The second kappa shape index (κ2) is 6.33. The highest BCUT2D eigenvalue weighted by Gasteiger charge is 2.45. The zero-order valence-corrected chi connectivity index (χ0v) is 13.4. The van der Waals surface area contributed by atoms with Gasteiger partial charge in [-0.25, -0.2) is 19.5 Å². The Kier molecular flexibility index (Phi) is 4.53. The number of fused-ring (bicyclic) bond motifs is 1. The van der Waals surface area contributed by atoms with Gasteiger partial charge >= 0.3 is 7.82 Å². The first-order chi connectivity index (χ1) is 11.3. The predicted molar refractivity (Wildman–Crippen MR) is 78.4 cm³/mol. The highest BCUT2D eigenvalue weighted by molar-refractivity contribution is 7.47. The van der Waals surface area contributed by atoms with Crippen LogP contribution in [0.1, 0.15) is 6.23 Å². The summed E-state index contributed by atoms with van der Waals surface area (Å²) in [6.45, 7) is -0.458. The highest BCUT2D eigenvalue weighted by Crippen LogP contribution is 2.43. The topological polar surface area (TPSA) is 175 Å². The van der Waals surface area contributed by atoms with Crippen molar-refractivity contribution in [2.75, 3.05) is 19.5 Å². The molecule has 24 heavy (non-hydrogen) atoms. The van der Waals surface area contributed by atoms with Gasteiger partial charge < -0.3 is 25.6 Å². The van der Waals surface area contributed by atoms with Crippen molar-refractivity contribution in [2.24, 2.45) is 0 Å². The van der Waals surface area contributed by atoms with Crippen molar-refractivity contribution in [1.29, 1.82) is 0 Å². The van der Waals surface area contributed by atoms with E-state index in [1.807, 2.05) is 0 Å². The van der Waals surface area contributed by atoms with Gasteiger partial charge in [0, 0.05) is 7.11 Å². The minimum atomic E-state index is -4.23. The van der Waals surface area contributed by atoms with Gasteiger partial charge in [0.25, 0.3) is 0 Å². The monoisotopic (exact) mass is 361 g/mol. The first-order valence-electron chi connectivity index (χ1n) is 6.81. The SMILES string of the molecule is COP(=O)(O)OC[C@H]1O[C@@H](n2cnc3c(N)ncnc32)[C@@H](O)C1O. The van der Waals surface area contributed by atoms with E-state index in [-0.39, 0.29) is 5.82 Å². The lowest BCUT2D eigenvalue weighted by Gasteiger charge is -2.16. The number of aliphatic hydroxyl groups is 2. The number of anilines is 1. The molecule has 3 rings (SSSR count). The van der Waals surface area contributed by atoms with E-state index < -0.39 is 39.0 Å². The molecule has 13 heteroatoms. The predicted octanol–water partition coefficient (Wildman–Crippen LogP) is -1.21. The number of aromatic nitrogens is 4. The summed E-state index contributed by atoms with van der Waals surface area (Å²) in [7, 11) is -3.22. The van der Waals surface area contributed by atoms with Gasteiger partial charge in [-0.2, -0.15) is 0 Å². The molecule has 2 aromatic heterocycles. The number of rotatable bonds is 5. The van der Waals surface area contributed by atoms with Gasteiger partial charge in [-0.15, -0.1) is 0 Å². The van der Waals surface area contributed by atoms with E-state index in [0.29, 0.717) is 11.2 Å². The van der Waals surface area contributed by atoms with E-state index in [1.54, 1.807) is 0 Å². The van der Waals surface area contributed by atoms with E-state index in [4.69, 9.17) is 10.5 Å². The zero-order valence-electron chi connectivity index (χ0n) is 12.5. The maximum absolute atomic E-state index is 11.3. The second-order valence-corrected chi connectivity index (χ2v) is 6.64. The first kappa shape index (κ1) is 17.2. The van der Waals surface area contributed by atoms with Crippen LogP contribution in [-0.2, 0) is 18.3 Å². The number of aliphatic hydroxyl groups excluding tert-OH is 2.